The molecule has 0 amide bonds. The summed E-state index contributed by atoms with van der Waals surface area (Å²) < 4.78 is 16.9. The molecule has 2 atom stereocenters. The van der Waals surface area contributed by atoms with Gasteiger partial charge in [0.15, 0.2) is 17.5 Å². The molecule has 2 unspecified atom stereocenters. The van der Waals surface area contributed by atoms with Crippen LogP contribution < -0.4 is 25.3 Å². The van der Waals surface area contributed by atoms with Crippen LogP contribution >= 0.6 is 24.0 Å². The van der Waals surface area contributed by atoms with E-state index in [1.165, 1.54) is 5.56 Å². The number of halogens is 1. The Bertz CT molecular complexity index is 874. The van der Waals surface area contributed by atoms with Gasteiger partial charge in [0.1, 0.15) is 5.75 Å². The maximum absolute atomic E-state index is 6.16. The number of benzene rings is 2. The molecule has 28 heavy (non-hydrogen) atoms. The van der Waals surface area contributed by atoms with Gasteiger partial charge in [0.05, 0.1) is 26.4 Å². The SMILES string of the molecule is COc1ccccc1C1(C)CC1N=C(N)Nc1ccc2c(c1)OCCCO2.I. The third-order valence-electron chi connectivity index (χ3n) is 5.23. The highest BCUT2D eigenvalue weighted by Crippen LogP contribution is 2.53. The van der Waals surface area contributed by atoms with Crippen molar-refractivity contribution in [2.24, 2.45) is 10.7 Å². The molecule has 0 radical (unpaired) electrons. The molecule has 2 aromatic carbocycles. The lowest BCUT2D eigenvalue weighted by molar-refractivity contribution is 0.297. The number of anilines is 1. The van der Waals surface area contributed by atoms with E-state index in [9.17, 15) is 0 Å². The van der Waals surface area contributed by atoms with Gasteiger partial charge in [-0.15, -0.1) is 24.0 Å². The van der Waals surface area contributed by atoms with Gasteiger partial charge in [-0.3, -0.25) is 0 Å². The number of nitrogens with zero attached hydrogens (tertiary/aromatic N) is 1. The average Bonchev–Trinajstić information content (AvgIpc) is 3.38. The molecule has 0 aromatic heterocycles. The molecule has 1 aliphatic carbocycles. The Morgan fingerprint density at radius 3 is 2.71 bits per heavy atom. The number of guanidine groups is 1. The molecular formula is C21H26IN3O3. The van der Waals surface area contributed by atoms with Gasteiger partial charge in [-0.2, -0.15) is 0 Å². The van der Waals surface area contributed by atoms with Crippen LogP contribution in [0.1, 0.15) is 25.3 Å². The predicted molar refractivity (Wildman–Crippen MR) is 121 cm³/mol. The van der Waals surface area contributed by atoms with Crippen molar-refractivity contribution in [1.29, 1.82) is 0 Å². The lowest BCUT2D eigenvalue weighted by Gasteiger charge is -2.15. The van der Waals surface area contributed by atoms with Crippen LogP contribution in [0.5, 0.6) is 17.2 Å². The number of rotatable bonds is 4. The molecule has 1 fully saturated rings. The van der Waals surface area contributed by atoms with Crippen molar-refractivity contribution in [2.75, 3.05) is 25.6 Å². The molecule has 1 saturated carbocycles. The van der Waals surface area contributed by atoms with Gasteiger partial charge < -0.3 is 25.3 Å². The Morgan fingerprint density at radius 2 is 1.93 bits per heavy atom. The molecule has 2 aromatic rings. The maximum Gasteiger partial charge on any atom is 0.193 e. The summed E-state index contributed by atoms with van der Waals surface area (Å²) in [6, 6.07) is 13.9. The van der Waals surface area contributed by atoms with Crippen molar-refractivity contribution in [3.8, 4) is 17.2 Å². The van der Waals surface area contributed by atoms with Crippen molar-refractivity contribution in [3.63, 3.8) is 0 Å². The van der Waals surface area contributed by atoms with E-state index < -0.39 is 0 Å². The van der Waals surface area contributed by atoms with E-state index >= 15 is 0 Å². The van der Waals surface area contributed by atoms with E-state index in [1.807, 2.05) is 36.4 Å². The third kappa shape index (κ3) is 4.14. The molecule has 150 valence electrons. The van der Waals surface area contributed by atoms with Crippen LogP contribution in [0.2, 0.25) is 0 Å². The standard InChI is InChI=1S/C21H25N3O3.HI/c1-21(15-6-3-4-7-16(15)25-2)13-19(21)24-20(22)23-14-8-9-17-18(12-14)27-11-5-10-26-17;/h3-4,6-9,12,19H,5,10-11,13H2,1-2H3,(H3,22,23,24);1H. The zero-order valence-corrected chi connectivity index (χ0v) is 18.4. The number of para-hydroxylation sites is 1. The van der Waals surface area contributed by atoms with Crippen LogP contribution in [-0.4, -0.2) is 32.3 Å². The lowest BCUT2D eigenvalue weighted by atomic mass is 9.96. The summed E-state index contributed by atoms with van der Waals surface area (Å²) in [5, 5.41) is 3.16. The minimum absolute atomic E-state index is 0. The van der Waals surface area contributed by atoms with Gasteiger partial charge in [-0.05, 0) is 24.6 Å². The topological polar surface area (TPSA) is 78.1 Å². The Hall–Kier alpha value is -2.16. The molecule has 1 aliphatic heterocycles. The van der Waals surface area contributed by atoms with Gasteiger partial charge >= 0.3 is 0 Å². The first-order valence-corrected chi connectivity index (χ1v) is 9.23. The van der Waals surface area contributed by atoms with Crippen LogP contribution in [-0.2, 0) is 5.41 Å². The van der Waals surface area contributed by atoms with E-state index in [4.69, 9.17) is 19.9 Å². The van der Waals surface area contributed by atoms with Crippen LogP contribution in [0.4, 0.5) is 5.69 Å². The fraction of sp³-hybridized carbons (Fsp3) is 0.381. The molecule has 0 saturated heterocycles. The number of fused-ring (bicyclic) bond motifs is 1. The summed E-state index contributed by atoms with van der Waals surface area (Å²) >= 11 is 0. The second-order valence-corrected chi connectivity index (χ2v) is 7.19. The van der Waals surface area contributed by atoms with E-state index in [0.717, 1.165) is 35.8 Å². The Morgan fingerprint density at radius 1 is 1.18 bits per heavy atom. The van der Waals surface area contributed by atoms with Crippen LogP contribution in [0.3, 0.4) is 0 Å². The largest absolute Gasteiger partial charge is 0.496 e. The van der Waals surface area contributed by atoms with Crippen molar-refractivity contribution in [1.82, 2.24) is 0 Å². The lowest BCUT2D eigenvalue weighted by Crippen LogP contribution is -2.24. The Kier molecular flexibility index (Phi) is 6.22. The minimum atomic E-state index is -0.0520. The van der Waals surface area contributed by atoms with Crippen LogP contribution in [0.15, 0.2) is 47.5 Å². The molecular weight excluding hydrogens is 469 g/mol. The van der Waals surface area contributed by atoms with Crippen molar-refractivity contribution in [2.45, 2.75) is 31.2 Å². The first-order chi connectivity index (χ1) is 13.1. The number of nitrogens with one attached hydrogen (secondary N) is 1. The maximum atomic E-state index is 6.16. The fourth-order valence-electron chi connectivity index (χ4n) is 3.53. The van der Waals surface area contributed by atoms with Crippen molar-refractivity contribution in [3.05, 3.63) is 48.0 Å². The van der Waals surface area contributed by atoms with Crippen molar-refractivity contribution < 1.29 is 14.2 Å². The van der Waals surface area contributed by atoms with Gasteiger partial charge in [0.25, 0.3) is 0 Å². The fourth-order valence-corrected chi connectivity index (χ4v) is 3.53. The molecule has 6 nitrogen and oxygen atoms in total. The number of ether oxygens (including phenoxy) is 3. The smallest absolute Gasteiger partial charge is 0.193 e. The highest BCUT2D eigenvalue weighted by molar-refractivity contribution is 14.0. The second-order valence-electron chi connectivity index (χ2n) is 7.19. The Labute approximate surface area is 182 Å². The zero-order valence-electron chi connectivity index (χ0n) is 16.1. The number of hydrogen-bond acceptors (Lipinski definition) is 4. The Balaban J connectivity index is 0.00000225. The molecule has 7 heteroatoms. The summed E-state index contributed by atoms with van der Waals surface area (Å²) in [5.41, 5.74) is 8.11. The monoisotopic (exact) mass is 495 g/mol. The van der Waals surface area contributed by atoms with E-state index in [2.05, 4.69) is 23.3 Å². The number of methoxy groups -OCH3 is 1. The van der Waals surface area contributed by atoms with Crippen LogP contribution in [0, 0.1) is 0 Å². The summed E-state index contributed by atoms with van der Waals surface area (Å²) in [5.74, 6) is 2.79. The summed E-state index contributed by atoms with van der Waals surface area (Å²) in [7, 11) is 1.70. The van der Waals surface area contributed by atoms with Gasteiger partial charge in [-0.25, -0.2) is 4.99 Å². The molecule has 0 bridgehead atoms. The summed E-state index contributed by atoms with van der Waals surface area (Å²) in [6.45, 7) is 3.52. The summed E-state index contributed by atoms with van der Waals surface area (Å²) in [4.78, 5) is 4.68. The quantitative estimate of drug-likeness (QED) is 0.382. The number of aliphatic imine (C=N–C) groups is 1. The first kappa shape index (κ1) is 20.6. The zero-order chi connectivity index (χ0) is 18.9. The van der Waals surface area contributed by atoms with Crippen molar-refractivity contribution >= 4 is 35.6 Å². The number of nitrogens with two attached hydrogens (primary N) is 1. The molecule has 4 rings (SSSR count). The minimum Gasteiger partial charge on any atom is -0.496 e. The third-order valence-corrected chi connectivity index (χ3v) is 5.23. The van der Waals surface area contributed by atoms with Crippen LogP contribution in [0.25, 0.3) is 0 Å². The normalized spacial score (nSPS) is 23.2. The molecule has 3 N–H and O–H groups in total. The highest BCUT2D eigenvalue weighted by atomic mass is 127. The molecule has 2 aliphatic rings. The van der Waals surface area contributed by atoms with E-state index in [1.54, 1.807) is 7.11 Å². The van der Waals surface area contributed by atoms with Gasteiger partial charge in [-0.1, -0.05) is 25.1 Å². The van der Waals surface area contributed by atoms with Gasteiger partial charge in [0, 0.05) is 29.2 Å². The number of hydrogen-bond donors (Lipinski definition) is 2. The molecule has 0 spiro atoms. The predicted octanol–water partition coefficient (Wildman–Crippen LogP) is 3.93. The highest BCUT2D eigenvalue weighted by Gasteiger charge is 2.53. The van der Waals surface area contributed by atoms with Gasteiger partial charge in [0.2, 0.25) is 0 Å². The second kappa shape index (κ2) is 8.46. The summed E-state index contributed by atoms with van der Waals surface area (Å²) in [6.07, 6.45) is 1.82. The van der Waals surface area contributed by atoms with E-state index in [-0.39, 0.29) is 35.4 Å². The first-order valence-electron chi connectivity index (χ1n) is 9.23. The van der Waals surface area contributed by atoms with E-state index in [0.29, 0.717) is 19.2 Å². The average molecular weight is 495 g/mol. The molecule has 1 heterocycles.